The van der Waals surface area contributed by atoms with Crippen molar-refractivity contribution in [3.05, 3.63) is 59.2 Å². The molecule has 1 aliphatic rings. The highest BCUT2D eigenvalue weighted by Crippen LogP contribution is 2.32. The zero-order valence-corrected chi connectivity index (χ0v) is 12.5. The average molecular weight is 284 g/mol. The van der Waals surface area contributed by atoms with Crippen LogP contribution in [-0.4, -0.2) is 13.3 Å². The summed E-state index contributed by atoms with van der Waals surface area (Å²) in [5.41, 5.74) is 4.09. The summed E-state index contributed by atoms with van der Waals surface area (Å²) in [6, 6.07) is 15.1. The van der Waals surface area contributed by atoms with Gasteiger partial charge < -0.3 is 14.8 Å². The number of aryl methyl sites for hydroxylation is 1. The van der Waals surface area contributed by atoms with E-state index in [9.17, 15) is 0 Å². The van der Waals surface area contributed by atoms with Crippen LogP contribution in [-0.2, 0) is 19.4 Å². The molecule has 0 radical (unpaired) electrons. The molecule has 0 fully saturated rings. The number of benzene rings is 2. The van der Waals surface area contributed by atoms with Crippen LogP contribution in [0.4, 0.5) is 0 Å². The summed E-state index contributed by atoms with van der Waals surface area (Å²) in [5.74, 6) is 1.74. The predicted molar refractivity (Wildman–Crippen MR) is 82.6 cm³/mol. The summed E-state index contributed by atoms with van der Waals surface area (Å²) < 4.78 is 10.7. The van der Waals surface area contributed by atoms with Crippen molar-refractivity contribution in [2.45, 2.75) is 26.3 Å². The number of rotatable bonds is 6. The zero-order chi connectivity index (χ0) is 14.5. The van der Waals surface area contributed by atoms with Crippen LogP contribution in [0.3, 0.4) is 0 Å². The van der Waals surface area contributed by atoms with Crippen LogP contribution >= 0.6 is 0 Å². The topological polar surface area (TPSA) is 35.1 Å². The van der Waals surface area contributed by atoms with Crippen LogP contribution in [0.5, 0.6) is 11.5 Å². The molecule has 0 saturated carbocycles. The molecule has 0 bridgehead atoms. The lowest BCUT2D eigenvalue weighted by molar-refractivity contribution is -0.670. The van der Waals surface area contributed by atoms with Crippen molar-refractivity contribution in [1.29, 1.82) is 0 Å². The van der Waals surface area contributed by atoms with Gasteiger partial charge in [0, 0.05) is 12.0 Å². The first-order chi connectivity index (χ1) is 10.3. The van der Waals surface area contributed by atoms with Crippen molar-refractivity contribution in [3.63, 3.8) is 0 Å². The molecule has 21 heavy (non-hydrogen) atoms. The average Bonchev–Trinajstić information content (AvgIpc) is 3.00. The highest BCUT2D eigenvalue weighted by molar-refractivity contribution is 5.44. The van der Waals surface area contributed by atoms with Crippen LogP contribution < -0.4 is 14.8 Å². The quantitative estimate of drug-likeness (QED) is 0.826. The van der Waals surface area contributed by atoms with Gasteiger partial charge in [0.2, 0.25) is 6.79 Å². The van der Waals surface area contributed by atoms with Crippen LogP contribution in [0, 0.1) is 0 Å². The third-order valence-electron chi connectivity index (χ3n) is 3.89. The minimum atomic E-state index is 0.346. The van der Waals surface area contributed by atoms with E-state index in [-0.39, 0.29) is 0 Å². The maximum Gasteiger partial charge on any atom is 0.231 e. The summed E-state index contributed by atoms with van der Waals surface area (Å²) in [4.78, 5) is 0. The normalized spacial score (nSPS) is 12.6. The van der Waals surface area contributed by atoms with Crippen LogP contribution in [0.1, 0.15) is 23.6 Å². The maximum absolute atomic E-state index is 5.40. The number of fused-ring (bicyclic) bond motifs is 1. The Bertz CT molecular complexity index is 593. The van der Waals surface area contributed by atoms with E-state index in [0.29, 0.717) is 6.79 Å². The molecule has 2 aromatic carbocycles. The molecule has 0 amide bonds. The molecule has 0 saturated heterocycles. The second kappa shape index (κ2) is 6.64. The Morgan fingerprint density at radius 3 is 2.43 bits per heavy atom. The van der Waals surface area contributed by atoms with Crippen LogP contribution in [0.15, 0.2) is 42.5 Å². The predicted octanol–water partition coefficient (Wildman–Crippen LogP) is 2.28. The van der Waals surface area contributed by atoms with Gasteiger partial charge in [-0.25, -0.2) is 0 Å². The van der Waals surface area contributed by atoms with Gasteiger partial charge in [-0.2, -0.15) is 0 Å². The van der Waals surface area contributed by atoms with Crippen molar-refractivity contribution >= 4 is 0 Å². The molecule has 0 aliphatic carbocycles. The molecule has 0 aromatic heterocycles. The third kappa shape index (κ3) is 3.56. The molecule has 0 atom stereocenters. The van der Waals surface area contributed by atoms with Crippen LogP contribution in [0.2, 0.25) is 0 Å². The summed E-state index contributed by atoms with van der Waals surface area (Å²) in [6.45, 7) is 4.65. The molecular formula is C18H22NO2+. The second-order valence-electron chi connectivity index (χ2n) is 5.39. The van der Waals surface area contributed by atoms with E-state index in [1.165, 1.54) is 16.7 Å². The highest BCUT2D eigenvalue weighted by atomic mass is 16.7. The summed E-state index contributed by atoms with van der Waals surface area (Å²) >= 11 is 0. The Balaban J connectivity index is 1.45. The van der Waals surface area contributed by atoms with Gasteiger partial charge in [-0.15, -0.1) is 0 Å². The Labute approximate surface area is 125 Å². The van der Waals surface area contributed by atoms with Gasteiger partial charge in [-0.05, 0) is 29.7 Å². The van der Waals surface area contributed by atoms with Crippen molar-refractivity contribution in [2.75, 3.05) is 13.3 Å². The fraction of sp³-hybridized carbons (Fsp3) is 0.333. The van der Waals surface area contributed by atoms with Gasteiger partial charge in [-0.1, -0.05) is 37.3 Å². The van der Waals surface area contributed by atoms with E-state index in [0.717, 1.165) is 37.4 Å². The summed E-state index contributed by atoms with van der Waals surface area (Å²) in [5, 5.41) is 2.35. The Morgan fingerprint density at radius 1 is 0.905 bits per heavy atom. The lowest BCUT2D eigenvalue weighted by atomic mass is 10.1. The van der Waals surface area contributed by atoms with E-state index in [1.807, 2.05) is 6.07 Å². The molecule has 3 rings (SSSR count). The molecule has 0 unspecified atom stereocenters. The standard InChI is InChI=1S/C18H21NO2/c1-2-14-3-5-16(6-4-14)12-19-10-9-15-7-8-17-18(11-15)21-13-20-17/h3-8,11,19H,2,9-10,12-13H2,1H3/p+1. The molecule has 1 heterocycles. The minimum Gasteiger partial charge on any atom is -0.454 e. The molecule has 2 aromatic rings. The van der Waals surface area contributed by atoms with E-state index < -0.39 is 0 Å². The van der Waals surface area contributed by atoms with E-state index >= 15 is 0 Å². The molecule has 110 valence electrons. The Morgan fingerprint density at radius 2 is 1.62 bits per heavy atom. The lowest BCUT2D eigenvalue weighted by Gasteiger charge is -2.04. The Hall–Kier alpha value is -2.00. The smallest absolute Gasteiger partial charge is 0.231 e. The highest BCUT2D eigenvalue weighted by Gasteiger charge is 2.13. The second-order valence-corrected chi connectivity index (χ2v) is 5.39. The van der Waals surface area contributed by atoms with Crippen molar-refractivity contribution in [2.24, 2.45) is 0 Å². The Kier molecular flexibility index (Phi) is 4.41. The largest absolute Gasteiger partial charge is 0.454 e. The number of hydrogen-bond acceptors (Lipinski definition) is 2. The van der Waals surface area contributed by atoms with E-state index in [4.69, 9.17) is 9.47 Å². The van der Waals surface area contributed by atoms with Gasteiger partial charge in [0.25, 0.3) is 0 Å². The van der Waals surface area contributed by atoms with Gasteiger partial charge in [-0.3, -0.25) is 0 Å². The zero-order valence-electron chi connectivity index (χ0n) is 12.5. The monoisotopic (exact) mass is 284 g/mol. The van der Waals surface area contributed by atoms with E-state index in [2.05, 4.69) is 48.6 Å². The number of quaternary nitrogens is 1. The summed E-state index contributed by atoms with van der Waals surface area (Å²) in [6.07, 6.45) is 2.15. The van der Waals surface area contributed by atoms with Gasteiger partial charge in [0.15, 0.2) is 11.5 Å². The fourth-order valence-corrected chi connectivity index (χ4v) is 2.54. The first kappa shape index (κ1) is 14.0. The van der Waals surface area contributed by atoms with Gasteiger partial charge in [0.1, 0.15) is 6.54 Å². The third-order valence-corrected chi connectivity index (χ3v) is 3.89. The van der Waals surface area contributed by atoms with Crippen molar-refractivity contribution in [3.8, 4) is 11.5 Å². The molecule has 3 nitrogen and oxygen atoms in total. The first-order valence-corrected chi connectivity index (χ1v) is 7.63. The van der Waals surface area contributed by atoms with Gasteiger partial charge >= 0.3 is 0 Å². The van der Waals surface area contributed by atoms with Crippen molar-refractivity contribution in [1.82, 2.24) is 0 Å². The number of ether oxygens (including phenoxy) is 2. The molecular weight excluding hydrogens is 262 g/mol. The molecule has 3 heteroatoms. The molecule has 0 spiro atoms. The first-order valence-electron chi connectivity index (χ1n) is 7.63. The minimum absolute atomic E-state index is 0.346. The van der Waals surface area contributed by atoms with Gasteiger partial charge in [0.05, 0.1) is 6.54 Å². The maximum atomic E-state index is 5.40. The number of hydrogen-bond donors (Lipinski definition) is 1. The SMILES string of the molecule is CCc1ccc(C[NH2+]CCc2ccc3c(c2)OCO3)cc1. The molecule has 2 N–H and O–H groups in total. The van der Waals surface area contributed by atoms with Crippen molar-refractivity contribution < 1.29 is 14.8 Å². The number of nitrogens with two attached hydrogens (primary N) is 1. The van der Waals surface area contributed by atoms with Crippen LogP contribution in [0.25, 0.3) is 0 Å². The van der Waals surface area contributed by atoms with E-state index in [1.54, 1.807) is 0 Å². The lowest BCUT2D eigenvalue weighted by Crippen LogP contribution is -2.83. The fourth-order valence-electron chi connectivity index (χ4n) is 2.54. The summed E-state index contributed by atoms with van der Waals surface area (Å²) in [7, 11) is 0. The molecule has 1 aliphatic heterocycles.